The molecule has 1 aliphatic rings. The number of rotatable bonds is 4. The van der Waals surface area contributed by atoms with Crippen LogP contribution in [0.1, 0.15) is 11.1 Å². The van der Waals surface area contributed by atoms with Crippen molar-refractivity contribution in [2.45, 2.75) is 19.9 Å². The van der Waals surface area contributed by atoms with Crippen LogP contribution in [0.3, 0.4) is 0 Å². The van der Waals surface area contributed by atoms with E-state index >= 15 is 0 Å². The van der Waals surface area contributed by atoms with E-state index in [4.69, 9.17) is 10.5 Å². The van der Waals surface area contributed by atoms with Gasteiger partial charge in [0.05, 0.1) is 19.3 Å². The predicted octanol–water partition coefficient (Wildman–Crippen LogP) is 1.47. The van der Waals surface area contributed by atoms with Gasteiger partial charge in [0.25, 0.3) is 0 Å². The van der Waals surface area contributed by atoms with Crippen molar-refractivity contribution in [3.8, 4) is 0 Å². The molecule has 0 amide bonds. The van der Waals surface area contributed by atoms with E-state index in [1.807, 2.05) is 0 Å². The molecule has 16 heavy (non-hydrogen) atoms. The summed E-state index contributed by atoms with van der Waals surface area (Å²) in [5.74, 6) is 0. The first kappa shape index (κ1) is 11.4. The lowest BCUT2D eigenvalue weighted by Gasteiger charge is -2.39. The molecule has 3 nitrogen and oxygen atoms in total. The molecule has 2 rings (SSSR count). The van der Waals surface area contributed by atoms with Crippen molar-refractivity contribution in [3.05, 3.63) is 29.3 Å². The first-order chi connectivity index (χ1) is 7.70. The standard InChI is InChI=1S/C13H20N2O/c1-10-5-11(2)7-12(6-10)15(4-3-14)13-8-16-9-13/h5-7,13H,3-4,8-9,14H2,1-2H3. The topological polar surface area (TPSA) is 38.5 Å². The third-order valence-corrected chi connectivity index (χ3v) is 2.97. The van der Waals surface area contributed by atoms with E-state index in [2.05, 4.69) is 36.9 Å². The monoisotopic (exact) mass is 220 g/mol. The number of nitrogens with two attached hydrogens (primary N) is 1. The molecule has 3 heteroatoms. The van der Waals surface area contributed by atoms with Crippen molar-refractivity contribution in [1.29, 1.82) is 0 Å². The second kappa shape index (κ2) is 4.85. The molecule has 1 aliphatic heterocycles. The molecule has 0 unspecified atom stereocenters. The number of nitrogens with zero attached hydrogens (tertiary/aromatic N) is 1. The van der Waals surface area contributed by atoms with Crippen LogP contribution in [0.15, 0.2) is 18.2 Å². The maximum absolute atomic E-state index is 5.68. The molecule has 1 aromatic carbocycles. The summed E-state index contributed by atoms with van der Waals surface area (Å²) in [7, 11) is 0. The zero-order valence-electron chi connectivity index (χ0n) is 10.1. The number of hydrogen-bond acceptors (Lipinski definition) is 3. The van der Waals surface area contributed by atoms with Crippen LogP contribution in [0.2, 0.25) is 0 Å². The van der Waals surface area contributed by atoms with Crippen LogP contribution in [0.5, 0.6) is 0 Å². The van der Waals surface area contributed by atoms with E-state index in [0.717, 1.165) is 19.8 Å². The van der Waals surface area contributed by atoms with Crippen molar-refractivity contribution in [3.63, 3.8) is 0 Å². The highest BCUT2D eigenvalue weighted by molar-refractivity contribution is 5.52. The first-order valence-corrected chi connectivity index (χ1v) is 5.83. The average molecular weight is 220 g/mol. The second-order valence-corrected chi connectivity index (χ2v) is 4.52. The molecule has 1 fully saturated rings. The molecule has 0 saturated carbocycles. The highest BCUT2D eigenvalue weighted by atomic mass is 16.5. The fourth-order valence-corrected chi connectivity index (χ4v) is 2.18. The fourth-order valence-electron chi connectivity index (χ4n) is 2.18. The molecular formula is C13H20N2O. The van der Waals surface area contributed by atoms with Crippen LogP contribution in [0.4, 0.5) is 5.69 Å². The van der Waals surface area contributed by atoms with Gasteiger partial charge in [-0.3, -0.25) is 0 Å². The molecule has 0 aromatic heterocycles. The lowest BCUT2D eigenvalue weighted by atomic mass is 10.1. The second-order valence-electron chi connectivity index (χ2n) is 4.52. The van der Waals surface area contributed by atoms with Gasteiger partial charge in [-0.1, -0.05) is 6.07 Å². The summed E-state index contributed by atoms with van der Waals surface area (Å²) in [6, 6.07) is 7.15. The molecule has 0 spiro atoms. The summed E-state index contributed by atoms with van der Waals surface area (Å²) in [5.41, 5.74) is 9.56. The summed E-state index contributed by atoms with van der Waals surface area (Å²) in [4.78, 5) is 2.36. The minimum Gasteiger partial charge on any atom is -0.377 e. The zero-order valence-corrected chi connectivity index (χ0v) is 10.1. The summed E-state index contributed by atoms with van der Waals surface area (Å²) >= 11 is 0. The van der Waals surface area contributed by atoms with E-state index in [1.54, 1.807) is 0 Å². The lowest BCUT2D eigenvalue weighted by molar-refractivity contribution is 0.00831. The normalized spacial score (nSPS) is 15.9. The highest BCUT2D eigenvalue weighted by Gasteiger charge is 2.25. The van der Waals surface area contributed by atoms with Crippen LogP contribution in [-0.4, -0.2) is 32.3 Å². The molecule has 0 aliphatic carbocycles. The number of ether oxygens (including phenoxy) is 1. The van der Waals surface area contributed by atoms with Gasteiger partial charge in [-0.15, -0.1) is 0 Å². The molecule has 0 radical (unpaired) electrons. The maximum atomic E-state index is 5.68. The van der Waals surface area contributed by atoms with E-state index in [-0.39, 0.29) is 0 Å². The van der Waals surface area contributed by atoms with Gasteiger partial charge in [0.15, 0.2) is 0 Å². The van der Waals surface area contributed by atoms with Crippen LogP contribution < -0.4 is 10.6 Å². The number of aryl methyl sites for hydroxylation is 2. The lowest BCUT2D eigenvalue weighted by Crippen LogP contribution is -2.51. The molecule has 1 aromatic rings. The van der Waals surface area contributed by atoms with E-state index in [1.165, 1.54) is 16.8 Å². The Hall–Kier alpha value is -1.06. The Kier molecular flexibility index (Phi) is 3.46. The van der Waals surface area contributed by atoms with Crippen molar-refractivity contribution < 1.29 is 4.74 Å². The summed E-state index contributed by atoms with van der Waals surface area (Å²) in [6.45, 7) is 7.50. The third-order valence-electron chi connectivity index (χ3n) is 2.97. The summed E-state index contributed by atoms with van der Waals surface area (Å²) in [6.07, 6.45) is 0. The minimum absolute atomic E-state index is 0.504. The number of benzene rings is 1. The summed E-state index contributed by atoms with van der Waals surface area (Å²) < 4.78 is 5.26. The molecule has 88 valence electrons. The van der Waals surface area contributed by atoms with Crippen molar-refractivity contribution in [1.82, 2.24) is 0 Å². The zero-order chi connectivity index (χ0) is 11.5. The van der Waals surface area contributed by atoms with Crippen molar-refractivity contribution >= 4 is 5.69 Å². The molecule has 2 N–H and O–H groups in total. The van der Waals surface area contributed by atoms with Gasteiger partial charge in [0.1, 0.15) is 0 Å². The molecule has 0 bridgehead atoms. The molecule has 1 saturated heterocycles. The highest BCUT2D eigenvalue weighted by Crippen LogP contribution is 2.23. The number of anilines is 1. The Balaban J connectivity index is 2.22. The van der Waals surface area contributed by atoms with Gasteiger partial charge < -0.3 is 15.4 Å². The van der Waals surface area contributed by atoms with Gasteiger partial charge >= 0.3 is 0 Å². The smallest absolute Gasteiger partial charge is 0.0757 e. The van der Waals surface area contributed by atoms with Gasteiger partial charge in [-0.05, 0) is 37.1 Å². The Morgan fingerprint density at radius 2 is 1.88 bits per heavy atom. The quantitative estimate of drug-likeness (QED) is 0.835. The minimum atomic E-state index is 0.504. The Bertz CT molecular complexity index is 341. The SMILES string of the molecule is Cc1cc(C)cc(N(CCN)C2COC2)c1. The molecule has 0 atom stereocenters. The Morgan fingerprint density at radius 3 is 2.31 bits per heavy atom. The summed E-state index contributed by atoms with van der Waals surface area (Å²) in [5, 5.41) is 0. The Morgan fingerprint density at radius 1 is 1.25 bits per heavy atom. The Labute approximate surface area is 97.2 Å². The molecular weight excluding hydrogens is 200 g/mol. The third kappa shape index (κ3) is 2.36. The van der Waals surface area contributed by atoms with Crippen LogP contribution in [0, 0.1) is 13.8 Å². The van der Waals surface area contributed by atoms with Gasteiger partial charge in [-0.2, -0.15) is 0 Å². The van der Waals surface area contributed by atoms with E-state index in [0.29, 0.717) is 12.6 Å². The maximum Gasteiger partial charge on any atom is 0.0757 e. The van der Waals surface area contributed by atoms with Crippen LogP contribution in [0.25, 0.3) is 0 Å². The van der Waals surface area contributed by atoms with Gasteiger partial charge in [0.2, 0.25) is 0 Å². The predicted molar refractivity (Wildman–Crippen MR) is 66.9 cm³/mol. The van der Waals surface area contributed by atoms with Crippen LogP contribution in [-0.2, 0) is 4.74 Å². The number of hydrogen-bond donors (Lipinski definition) is 1. The average Bonchev–Trinajstić information content (AvgIpc) is 2.12. The van der Waals surface area contributed by atoms with Crippen molar-refractivity contribution in [2.24, 2.45) is 5.73 Å². The van der Waals surface area contributed by atoms with E-state index < -0.39 is 0 Å². The van der Waals surface area contributed by atoms with Crippen molar-refractivity contribution in [2.75, 3.05) is 31.2 Å². The van der Waals surface area contributed by atoms with Gasteiger partial charge in [-0.25, -0.2) is 0 Å². The van der Waals surface area contributed by atoms with E-state index in [9.17, 15) is 0 Å². The fraction of sp³-hybridized carbons (Fsp3) is 0.538. The van der Waals surface area contributed by atoms with Gasteiger partial charge in [0, 0.05) is 18.8 Å². The molecule has 1 heterocycles. The largest absolute Gasteiger partial charge is 0.377 e. The first-order valence-electron chi connectivity index (χ1n) is 5.83. The van der Waals surface area contributed by atoms with Crippen LogP contribution >= 0.6 is 0 Å².